The molecule has 0 bridgehead atoms. The van der Waals surface area contributed by atoms with Crippen LogP contribution >= 0.6 is 0 Å². The highest BCUT2D eigenvalue weighted by Gasteiger charge is 2.14. The van der Waals surface area contributed by atoms with Crippen LogP contribution in [0.2, 0.25) is 0 Å². The fraction of sp³-hybridized carbons (Fsp3) is 0.474. The largest absolute Gasteiger partial charge is 0.441 e. The third-order valence-corrected chi connectivity index (χ3v) is 3.86. The van der Waals surface area contributed by atoms with E-state index in [1.165, 1.54) is 5.56 Å². The Bertz CT molecular complexity index is 647. The van der Waals surface area contributed by atoms with Gasteiger partial charge in [-0.15, -0.1) is 0 Å². The molecule has 2 rings (SSSR count). The van der Waals surface area contributed by atoms with Crippen LogP contribution in [0.25, 0.3) is 11.3 Å². The Kier molecular flexibility index (Phi) is 6.55. The first-order valence-corrected chi connectivity index (χ1v) is 8.49. The lowest BCUT2D eigenvalue weighted by Crippen LogP contribution is -2.41. The molecule has 0 fully saturated rings. The van der Waals surface area contributed by atoms with Gasteiger partial charge in [-0.25, -0.2) is 4.98 Å². The first-order valence-electron chi connectivity index (χ1n) is 8.49. The van der Waals surface area contributed by atoms with Gasteiger partial charge in [-0.2, -0.15) is 0 Å². The summed E-state index contributed by atoms with van der Waals surface area (Å²) in [6.07, 6.45) is 3.43. The van der Waals surface area contributed by atoms with Crippen LogP contribution in [0, 0.1) is 12.8 Å². The molecule has 0 aliphatic carbocycles. The minimum atomic E-state index is -0.0128. The van der Waals surface area contributed by atoms with E-state index in [0.717, 1.165) is 17.7 Å². The number of nitrogens with one attached hydrogen (secondary N) is 1. The van der Waals surface area contributed by atoms with Crippen molar-refractivity contribution in [2.45, 2.75) is 46.1 Å². The smallest absolute Gasteiger partial charge is 0.220 e. The summed E-state index contributed by atoms with van der Waals surface area (Å²) >= 11 is 0. The van der Waals surface area contributed by atoms with Crippen molar-refractivity contribution >= 4 is 5.91 Å². The lowest BCUT2D eigenvalue weighted by Gasteiger charge is -2.18. The number of nitrogens with two attached hydrogens (primary N) is 1. The molecule has 0 aliphatic heterocycles. The number of hydrogen-bond acceptors (Lipinski definition) is 4. The van der Waals surface area contributed by atoms with Gasteiger partial charge in [0.25, 0.3) is 0 Å². The van der Waals surface area contributed by atoms with Crippen molar-refractivity contribution in [1.29, 1.82) is 0 Å². The minimum absolute atomic E-state index is 0.0128. The van der Waals surface area contributed by atoms with Gasteiger partial charge in [0.05, 0.1) is 6.20 Å². The SMILES string of the molecule is Cc1ccc(-c2cnc(CCC(=O)NC(CN)CC(C)C)o2)cc1. The van der Waals surface area contributed by atoms with Crippen LogP contribution in [0.5, 0.6) is 0 Å². The first-order chi connectivity index (χ1) is 11.5. The minimum Gasteiger partial charge on any atom is -0.441 e. The molecule has 1 aromatic carbocycles. The normalized spacial score (nSPS) is 12.4. The molecule has 0 saturated carbocycles. The van der Waals surface area contributed by atoms with Crippen LogP contribution in [-0.2, 0) is 11.2 Å². The predicted molar refractivity (Wildman–Crippen MR) is 95.4 cm³/mol. The van der Waals surface area contributed by atoms with Gasteiger partial charge in [0.1, 0.15) is 0 Å². The molecule has 0 aliphatic rings. The van der Waals surface area contributed by atoms with E-state index in [0.29, 0.717) is 31.2 Å². The second kappa shape index (κ2) is 8.64. The zero-order valence-electron chi connectivity index (χ0n) is 14.7. The zero-order valence-corrected chi connectivity index (χ0v) is 14.7. The summed E-state index contributed by atoms with van der Waals surface area (Å²) in [7, 11) is 0. The Balaban J connectivity index is 1.86. The van der Waals surface area contributed by atoms with Crippen molar-refractivity contribution in [2.24, 2.45) is 11.7 Å². The summed E-state index contributed by atoms with van der Waals surface area (Å²) in [5, 5.41) is 2.98. The van der Waals surface area contributed by atoms with Gasteiger partial charge in [0.2, 0.25) is 5.91 Å². The number of hydrogen-bond donors (Lipinski definition) is 2. The van der Waals surface area contributed by atoms with Crippen LogP contribution < -0.4 is 11.1 Å². The van der Waals surface area contributed by atoms with Gasteiger partial charge in [-0.05, 0) is 19.3 Å². The number of oxazole rings is 1. The van der Waals surface area contributed by atoms with Crippen molar-refractivity contribution in [1.82, 2.24) is 10.3 Å². The predicted octanol–water partition coefficient (Wildman–Crippen LogP) is 3.07. The second-order valence-electron chi connectivity index (χ2n) is 6.61. The summed E-state index contributed by atoms with van der Waals surface area (Å²) in [4.78, 5) is 16.3. The Morgan fingerprint density at radius 1 is 1.29 bits per heavy atom. The average Bonchev–Trinajstić information content (AvgIpc) is 3.01. The molecule has 1 aromatic heterocycles. The molecule has 0 radical (unpaired) electrons. The van der Waals surface area contributed by atoms with E-state index in [-0.39, 0.29) is 11.9 Å². The van der Waals surface area contributed by atoms with Crippen molar-refractivity contribution in [3.05, 3.63) is 41.9 Å². The van der Waals surface area contributed by atoms with E-state index >= 15 is 0 Å². The molecular formula is C19H27N3O2. The highest BCUT2D eigenvalue weighted by atomic mass is 16.4. The zero-order chi connectivity index (χ0) is 17.5. The number of aromatic nitrogens is 1. The van der Waals surface area contributed by atoms with E-state index in [1.54, 1.807) is 6.20 Å². The second-order valence-corrected chi connectivity index (χ2v) is 6.61. The summed E-state index contributed by atoms with van der Waals surface area (Å²) in [6, 6.07) is 8.11. The highest BCUT2D eigenvalue weighted by molar-refractivity contribution is 5.76. The van der Waals surface area contributed by atoms with Crippen molar-refractivity contribution in [2.75, 3.05) is 6.54 Å². The van der Waals surface area contributed by atoms with E-state index in [4.69, 9.17) is 10.2 Å². The van der Waals surface area contributed by atoms with Gasteiger partial charge < -0.3 is 15.5 Å². The first kappa shape index (κ1) is 18.2. The fourth-order valence-electron chi connectivity index (χ4n) is 2.58. The van der Waals surface area contributed by atoms with E-state index < -0.39 is 0 Å². The molecule has 2 aromatic rings. The lowest BCUT2D eigenvalue weighted by molar-refractivity contribution is -0.121. The molecule has 1 unspecified atom stereocenters. The van der Waals surface area contributed by atoms with Gasteiger partial charge in [-0.1, -0.05) is 43.7 Å². The standard InChI is InChI=1S/C19H27N3O2/c1-13(2)10-16(11-20)22-18(23)8-9-19-21-12-17(24-19)15-6-4-14(3)5-7-15/h4-7,12-13,16H,8-11,20H2,1-3H3,(H,22,23). The van der Waals surface area contributed by atoms with Crippen LogP contribution in [0.3, 0.4) is 0 Å². The van der Waals surface area contributed by atoms with Crippen molar-refractivity contribution in [3.8, 4) is 11.3 Å². The summed E-state index contributed by atoms with van der Waals surface area (Å²) in [5.74, 6) is 1.79. The van der Waals surface area contributed by atoms with E-state index in [1.807, 2.05) is 31.2 Å². The topological polar surface area (TPSA) is 81.2 Å². The molecule has 0 saturated heterocycles. The number of benzene rings is 1. The maximum absolute atomic E-state index is 12.0. The van der Waals surface area contributed by atoms with E-state index in [9.17, 15) is 4.79 Å². The van der Waals surface area contributed by atoms with Gasteiger partial charge >= 0.3 is 0 Å². The summed E-state index contributed by atoms with van der Waals surface area (Å²) in [6.45, 7) is 6.74. The molecule has 5 nitrogen and oxygen atoms in total. The number of carbonyl (C=O) groups is 1. The number of carbonyl (C=O) groups excluding carboxylic acids is 1. The molecule has 1 atom stereocenters. The highest BCUT2D eigenvalue weighted by Crippen LogP contribution is 2.21. The van der Waals surface area contributed by atoms with Crippen molar-refractivity contribution < 1.29 is 9.21 Å². The van der Waals surface area contributed by atoms with E-state index in [2.05, 4.69) is 24.1 Å². The monoisotopic (exact) mass is 329 g/mol. The van der Waals surface area contributed by atoms with Crippen LogP contribution in [-0.4, -0.2) is 23.5 Å². The molecule has 130 valence electrons. The van der Waals surface area contributed by atoms with Crippen LogP contribution in [0.1, 0.15) is 38.1 Å². The van der Waals surface area contributed by atoms with Crippen LogP contribution in [0.4, 0.5) is 0 Å². The Morgan fingerprint density at radius 2 is 2.00 bits per heavy atom. The lowest BCUT2D eigenvalue weighted by atomic mass is 10.0. The Morgan fingerprint density at radius 3 is 2.62 bits per heavy atom. The average molecular weight is 329 g/mol. The quantitative estimate of drug-likeness (QED) is 0.780. The third kappa shape index (κ3) is 5.49. The van der Waals surface area contributed by atoms with Gasteiger partial charge in [0, 0.05) is 31.0 Å². The van der Waals surface area contributed by atoms with Gasteiger partial charge in [-0.3, -0.25) is 4.79 Å². The van der Waals surface area contributed by atoms with Crippen molar-refractivity contribution in [3.63, 3.8) is 0 Å². The number of aryl methyl sites for hydroxylation is 2. The number of nitrogens with zero attached hydrogens (tertiary/aromatic N) is 1. The molecule has 1 heterocycles. The molecule has 1 amide bonds. The van der Waals surface area contributed by atoms with Gasteiger partial charge in [0.15, 0.2) is 11.7 Å². The maximum atomic E-state index is 12.0. The number of rotatable bonds is 8. The molecular weight excluding hydrogens is 302 g/mol. The summed E-state index contributed by atoms with van der Waals surface area (Å²) in [5.41, 5.74) is 7.90. The van der Waals surface area contributed by atoms with Crippen LogP contribution in [0.15, 0.2) is 34.9 Å². The summed E-state index contributed by atoms with van der Waals surface area (Å²) < 4.78 is 5.74. The molecule has 24 heavy (non-hydrogen) atoms. The Labute approximate surface area is 143 Å². The maximum Gasteiger partial charge on any atom is 0.220 e. The molecule has 3 N–H and O–H groups in total. The fourth-order valence-corrected chi connectivity index (χ4v) is 2.58. The number of amides is 1. The molecule has 5 heteroatoms. The molecule has 0 spiro atoms. The third-order valence-electron chi connectivity index (χ3n) is 3.86. The Hall–Kier alpha value is -2.14.